The van der Waals surface area contributed by atoms with Crippen LogP contribution in [0.4, 0.5) is 0 Å². The van der Waals surface area contributed by atoms with Crippen molar-refractivity contribution in [2.75, 3.05) is 13.2 Å². The van der Waals surface area contributed by atoms with Crippen LogP contribution in [0.25, 0.3) is 10.2 Å². The number of benzene rings is 1. The molecule has 0 bridgehead atoms. The van der Waals surface area contributed by atoms with E-state index < -0.39 is 0 Å². The van der Waals surface area contributed by atoms with Gasteiger partial charge in [0.25, 0.3) is 11.5 Å². The minimum absolute atomic E-state index is 0.0578. The van der Waals surface area contributed by atoms with Crippen molar-refractivity contribution in [1.29, 1.82) is 0 Å². The first-order valence-corrected chi connectivity index (χ1v) is 15.2. The number of hydrogen-bond donors (Lipinski definition) is 3. The van der Waals surface area contributed by atoms with Gasteiger partial charge in [0.15, 0.2) is 10.3 Å². The Hall–Kier alpha value is -2.93. The highest BCUT2D eigenvalue weighted by Gasteiger charge is 2.20. The number of thiophene rings is 1. The summed E-state index contributed by atoms with van der Waals surface area (Å²) in [6, 6.07) is 7.36. The van der Waals surface area contributed by atoms with Crippen molar-refractivity contribution in [3.05, 3.63) is 74.7 Å². The Labute approximate surface area is 232 Å². The third-order valence-electron chi connectivity index (χ3n) is 6.23. The fraction of sp³-hybridized carbons (Fsp3) is 0.346. The Morgan fingerprint density at radius 1 is 1.18 bits per heavy atom. The summed E-state index contributed by atoms with van der Waals surface area (Å²) in [5.74, 6) is 1.75. The molecular formula is C26H28N6O3S3. The van der Waals surface area contributed by atoms with Crippen LogP contribution in [0.15, 0.2) is 52.0 Å². The number of carbonyl (C=O) groups excluding carboxylic acids is 1. The van der Waals surface area contributed by atoms with E-state index in [0.717, 1.165) is 46.0 Å². The van der Waals surface area contributed by atoms with Gasteiger partial charge in [-0.3, -0.25) is 9.59 Å². The second-order valence-electron chi connectivity index (χ2n) is 8.81. The summed E-state index contributed by atoms with van der Waals surface area (Å²) in [6.07, 6.45) is 6.10. The number of aromatic amines is 1. The molecule has 0 atom stereocenters. The van der Waals surface area contributed by atoms with Gasteiger partial charge in [0.2, 0.25) is 0 Å². The van der Waals surface area contributed by atoms with Crippen molar-refractivity contribution in [2.24, 2.45) is 0 Å². The Balaban J connectivity index is 1.25. The summed E-state index contributed by atoms with van der Waals surface area (Å²) in [5, 5.41) is 22.4. The van der Waals surface area contributed by atoms with Gasteiger partial charge in [0.05, 0.1) is 17.7 Å². The van der Waals surface area contributed by atoms with Gasteiger partial charge in [-0.25, -0.2) is 4.98 Å². The normalized spacial score (nSPS) is 13.0. The van der Waals surface area contributed by atoms with E-state index in [1.807, 2.05) is 22.8 Å². The predicted octanol–water partition coefficient (Wildman–Crippen LogP) is 3.95. The second-order valence-corrected chi connectivity index (χ2v) is 11.8. The van der Waals surface area contributed by atoms with Crippen LogP contribution < -0.4 is 10.9 Å². The average molecular weight is 569 g/mol. The monoisotopic (exact) mass is 568 g/mol. The first-order chi connectivity index (χ1) is 18.6. The highest BCUT2D eigenvalue weighted by atomic mass is 32.2. The lowest BCUT2D eigenvalue weighted by Gasteiger charge is -2.09. The minimum atomic E-state index is -0.209. The van der Waals surface area contributed by atoms with Crippen molar-refractivity contribution in [3.63, 3.8) is 0 Å². The van der Waals surface area contributed by atoms with Gasteiger partial charge in [-0.1, -0.05) is 41.7 Å². The van der Waals surface area contributed by atoms with Crippen molar-refractivity contribution in [1.82, 2.24) is 30.0 Å². The summed E-state index contributed by atoms with van der Waals surface area (Å²) in [6.45, 7) is 4.58. The minimum Gasteiger partial charge on any atom is -0.395 e. The fourth-order valence-corrected chi connectivity index (χ4v) is 7.40. The number of carbonyl (C=O) groups is 1. The van der Waals surface area contributed by atoms with Crippen molar-refractivity contribution >= 4 is 51.0 Å². The fourth-order valence-electron chi connectivity index (χ4n) is 4.36. The lowest BCUT2D eigenvalue weighted by molar-refractivity contribution is 0.0945. The molecule has 3 heterocycles. The molecule has 3 aromatic heterocycles. The predicted molar refractivity (Wildman–Crippen MR) is 152 cm³/mol. The topological polar surface area (TPSA) is 126 Å². The number of H-pyrrole nitrogens is 1. The molecule has 0 radical (unpaired) electrons. The van der Waals surface area contributed by atoms with E-state index in [9.17, 15) is 9.59 Å². The maximum Gasteiger partial charge on any atom is 0.260 e. The molecule has 38 heavy (non-hydrogen) atoms. The Kier molecular flexibility index (Phi) is 8.62. The molecule has 0 fully saturated rings. The first-order valence-electron chi connectivity index (χ1n) is 12.4. The summed E-state index contributed by atoms with van der Waals surface area (Å²) in [7, 11) is 0. The molecule has 1 amide bonds. The van der Waals surface area contributed by atoms with Gasteiger partial charge in [-0.05, 0) is 48.9 Å². The zero-order valence-electron chi connectivity index (χ0n) is 20.7. The maximum atomic E-state index is 12.9. The summed E-state index contributed by atoms with van der Waals surface area (Å²) in [5.41, 5.74) is 2.73. The Morgan fingerprint density at radius 2 is 2.00 bits per heavy atom. The number of nitrogens with one attached hydrogen (secondary N) is 2. The second kappa shape index (κ2) is 12.3. The third-order valence-corrected chi connectivity index (χ3v) is 9.32. The largest absolute Gasteiger partial charge is 0.395 e. The van der Waals surface area contributed by atoms with Crippen LogP contribution in [-0.4, -0.2) is 48.9 Å². The molecule has 0 unspecified atom stereocenters. The lowest BCUT2D eigenvalue weighted by atomic mass is 9.97. The summed E-state index contributed by atoms with van der Waals surface area (Å²) < 4.78 is 2.02. The number of hydrogen-bond acceptors (Lipinski definition) is 9. The standard InChI is InChI=1S/C26H28N6O3S3/c1-2-12-32-20(15-36-25-28-23(35)21-18-5-3-4-6-19(18)38-24(21)29-25)30-31-26(32)37-14-16-7-9-17(10-8-16)22(34)27-11-13-33/h2,7-10,33H,1,3-6,11-15H2,(H,27,34)(H,28,29,35). The van der Waals surface area contributed by atoms with Crippen LogP contribution >= 0.6 is 34.9 Å². The summed E-state index contributed by atoms with van der Waals surface area (Å²) in [4.78, 5) is 34.7. The molecule has 0 saturated heterocycles. The summed E-state index contributed by atoms with van der Waals surface area (Å²) >= 11 is 4.65. The third kappa shape index (κ3) is 5.88. The molecule has 198 valence electrons. The number of aryl methyl sites for hydroxylation is 2. The molecule has 12 heteroatoms. The lowest BCUT2D eigenvalue weighted by Crippen LogP contribution is -2.26. The Bertz CT molecular complexity index is 1510. The van der Waals surface area contributed by atoms with Crippen molar-refractivity contribution in [2.45, 2.75) is 54.0 Å². The van der Waals surface area contributed by atoms with Crippen LogP contribution in [0.2, 0.25) is 0 Å². The average Bonchev–Trinajstić information content (AvgIpc) is 3.50. The molecule has 1 aliphatic carbocycles. The molecule has 4 aromatic rings. The van der Waals surface area contributed by atoms with E-state index >= 15 is 0 Å². The molecule has 0 aliphatic heterocycles. The smallest absolute Gasteiger partial charge is 0.260 e. The number of aliphatic hydroxyl groups is 1. The van der Waals surface area contributed by atoms with Crippen LogP contribution in [0, 0.1) is 0 Å². The maximum absolute atomic E-state index is 12.9. The van der Waals surface area contributed by atoms with E-state index in [1.54, 1.807) is 35.2 Å². The number of aliphatic hydroxyl groups excluding tert-OH is 1. The van der Waals surface area contributed by atoms with Gasteiger partial charge < -0.3 is 20.0 Å². The van der Waals surface area contributed by atoms with Gasteiger partial charge >= 0.3 is 0 Å². The molecule has 0 saturated carbocycles. The molecule has 1 aliphatic rings. The van der Waals surface area contributed by atoms with E-state index in [0.29, 0.717) is 28.8 Å². The van der Waals surface area contributed by atoms with E-state index in [-0.39, 0.29) is 24.6 Å². The number of amides is 1. The van der Waals surface area contributed by atoms with Gasteiger partial charge in [0.1, 0.15) is 10.7 Å². The van der Waals surface area contributed by atoms with Crippen LogP contribution in [-0.2, 0) is 30.9 Å². The van der Waals surface area contributed by atoms with Crippen molar-refractivity contribution in [3.8, 4) is 0 Å². The molecule has 0 spiro atoms. The highest BCUT2D eigenvalue weighted by molar-refractivity contribution is 7.98. The van der Waals surface area contributed by atoms with E-state index in [2.05, 4.69) is 27.1 Å². The number of fused-ring (bicyclic) bond motifs is 3. The van der Waals surface area contributed by atoms with Crippen molar-refractivity contribution < 1.29 is 9.90 Å². The highest BCUT2D eigenvalue weighted by Crippen LogP contribution is 2.34. The van der Waals surface area contributed by atoms with Crippen LogP contribution in [0.3, 0.4) is 0 Å². The molecular weight excluding hydrogens is 541 g/mol. The zero-order valence-corrected chi connectivity index (χ0v) is 23.2. The first kappa shape index (κ1) is 26.7. The number of allylic oxidation sites excluding steroid dienone is 1. The molecule has 3 N–H and O–H groups in total. The van der Waals surface area contributed by atoms with Crippen LogP contribution in [0.1, 0.15) is 45.0 Å². The van der Waals surface area contributed by atoms with E-state index in [1.165, 1.54) is 28.6 Å². The number of rotatable bonds is 11. The van der Waals surface area contributed by atoms with E-state index in [4.69, 9.17) is 10.1 Å². The van der Waals surface area contributed by atoms with Crippen LogP contribution in [0.5, 0.6) is 0 Å². The molecule has 9 nitrogen and oxygen atoms in total. The molecule has 1 aromatic carbocycles. The number of thioether (sulfide) groups is 2. The Morgan fingerprint density at radius 3 is 2.79 bits per heavy atom. The molecule has 5 rings (SSSR count). The number of aromatic nitrogens is 5. The SMILES string of the molecule is C=CCn1c(CSc2nc3sc4c(c3c(=O)[nH]2)CCCC4)nnc1SCc1ccc(C(=O)NCCO)cc1. The number of nitrogens with zero attached hydrogens (tertiary/aromatic N) is 4. The van der Waals surface area contributed by atoms with Gasteiger partial charge in [-0.15, -0.1) is 28.1 Å². The quantitative estimate of drug-likeness (QED) is 0.141. The zero-order chi connectivity index (χ0) is 26.5. The van der Waals surface area contributed by atoms with Gasteiger partial charge in [-0.2, -0.15) is 0 Å². The van der Waals surface area contributed by atoms with Gasteiger partial charge in [0, 0.05) is 29.3 Å².